The summed E-state index contributed by atoms with van der Waals surface area (Å²) in [5.41, 5.74) is 9.19. The van der Waals surface area contributed by atoms with E-state index in [9.17, 15) is 19.8 Å². The number of anilines is 1. The van der Waals surface area contributed by atoms with Gasteiger partial charge in [-0.3, -0.25) is 4.57 Å². The quantitative estimate of drug-likeness (QED) is 0.231. The smallest absolute Gasteiger partial charge is 0.407 e. The minimum atomic E-state index is -1.33. The van der Waals surface area contributed by atoms with Gasteiger partial charge in [0.25, 0.3) is 0 Å². The van der Waals surface area contributed by atoms with Gasteiger partial charge in [-0.2, -0.15) is 0 Å². The van der Waals surface area contributed by atoms with E-state index in [0.717, 1.165) is 16.3 Å². The number of rotatable bonds is 5. The van der Waals surface area contributed by atoms with Gasteiger partial charge in [0, 0.05) is 28.0 Å². The minimum absolute atomic E-state index is 0.0496. The third-order valence-electron chi connectivity index (χ3n) is 7.23. The van der Waals surface area contributed by atoms with E-state index >= 15 is 0 Å². The Labute approximate surface area is 225 Å². The number of fused-ring (bicyclic) bond motifs is 3. The number of aromatic nitrogens is 4. The fraction of sp³-hybridized carbons (Fsp3) is 0.346. The van der Waals surface area contributed by atoms with Gasteiger partial charge in [0.15, 0.2) is 23.8 Å². The molecule has 0 spiro atoms. The Morgan fingerprint density at radius 1 is 1.15 bits per heavy atom. The number of aryl methyl sites for hydroxylation is 3. The van der Waals surface area contributed by atoms with Crippen LogP contribution in [0, 0.1) is 20.8 Å². The fourth-order valence-corrected chi connectivity index (χ4v) is 5.17. The average Bonchev–Trinajstić information content (AvgIpc) is 3.58. The second kappa shape index (κ2) is 9.59. The summed E-state index contributed by atoms with van der Waals surface area (Å²) >= 11 is 0. The average molecular weight is 551 g/mol. The summed E-state index contributed by atoms with van der Waals surface area (Å²) < 4.78 is 24.3. The van der Waals surface area contributed by atoms with Crippen molar-refractivity contribution in [2.45, 2.75) is 51.9 Å². The lowest BCUT2D eigenvalue weighted by Gasteiger charge is -2.22. The van der Waals surface area contributed by atoms with Gasteiger partial charge in [0.2, 0.25) is 0 Å². The normalized spacial score (nSPS) is 21.0. The maximum atomic E-state index is 13.0. The first-order chi connectivity index (χ1) is 19.2. The molecule has 0 saturated carbocycles. The molecule has 1 fully saturated rings. The molecular weight excluding hydrogens is 524 g/mol. The minimum Gasteiger partial charge on any atom is -0.461 e. The Morgan fingerprint density at radius 3 is 2.70 bits per heavy atom. The van der Waals surface area contributed by atoms with Gasteiger partial charge in [-0.1, -0.05) is 0 Å². The zero-order valence-corrected chi connectivity index (χ0v) is 21.7. The Bertz CT molecular complexity index is 1840. The fourth-order valence-electron chi connectivity index (χ4n) is 5.17. The van der Waals surface area contributed by atoms with Crippen LogP contribution in [0.25, 0.3) is 33.1 Å². The number of imidazole rings is 1. The van der Waals surface area contributed by atoms with Crippen LogP contribution in [0.4, 0.5) is 10.6 Å². The first kappa shape index (κ1) is 25.7. The number of hydrogen-bond acceptors (Lipinski definition) is 12. The maximum absolute atomic E-state index is 13.0. The number of amides is 1. The van der Waals surface area contributed by atoms with Gasteiger partial charge < -0.3 is 39.6 Å². The largest absolute Gasteiger partial charge is 0.461 e. The molecule has 0 unspecified atom stereocenters. The first-order valence-electron chi connectivity index (χ1n) is 12.5. The molecular formula is C26H26N6O8. The summed E-state index contributed by atoms with van der Waals surface area (Å²) in [7, 11) is 0. The molecule has 14 heteroatoms. The van der Waals surface area contributed by atoms with Crippen LogP contribution in [0.3, 0.4) is 0 Å². The maximum Gasteiger partial charge on any atom is 0.407 e. The van der Waals surface area contributed by atoms with E-state index in [1.807, 2.05) is 13.0 Å². The Morgan fingerprint density at radius 2 is 1.93 bits per heavy atom. The van der Waals surface area contributed by atoms with Crippen molar-refractivity contribution in [1.82, 2.24) is 24.8 Å². The monoisotopic (exact) mass is 550 g/mol. The van der Waals surface area contributed by atoms with E-state index in [1.165, 1.54) is 23.3 Å². The molecule has 1 saturated heterocycles. The highest BCUT2D eigenvalue weighted by Crippen LogP contribution is 2.36. The zero-order valence-electron chi connectivity index (χ0n) is 21.7. The highest BCUT2D eigenvalue weighted by Gasteiger charge is 2.47. The van der Waals surface area contributed by atoms with E-state index < -0.39 is 42.9 Å². The number of carbonyl (C=O) groups is 1. The second-order valence-corrected chi connectivity index (χ2v) is 9.68. The number of alkyl carbamates (subject to hydrolysis) is 1. The zero-order chi connectivity index (χ0) is 28.3. The molecule has 40 heavy (non-hydrogen) atoms. The molecule has 1 amide bonds. The lowest BCUT2D eigenvalue weighted by molar-refractivity contribution is -0.0530. The number of furan rings is 1. The number of benzene rings is 1. The number of nitrogens with one attached hydrogen (secondary N) is 1. The molecule has 4 atom stereocenters. The summed E-state index contributed by atoms with van der Waals surface area (Å²) in [6.45, 7) is 4.94. The van der Waals surface area contributed by atoms with Crippen molar-refractivity contribution in [3.05, 3.63) is 57.7 Å². The van der Waals surface area contributed by atoms with Crippen LogP contribution in [0.1, 0.15) is 28.7 Å². The van der Waals surface area contributed by atoms with Crippen LogP contribution < -0.4 is 16.7 Å². The predicted molar refractivity (Wildman–Crippen MR) is 140 cm³/mol. The van der Waals surface area contributed by atoms with Crippen LogP contribution >= 0.6 is 0 Å². The lowest BCUT2D eigenvalue weighted by atomic mass is 10.0. The van der Waals surface area contributed by atoms with E-state index in [4.69, 9.17) is 24.0 Å². The lowest BCUT2D eigenvalue weighted by Crippen LogP contribution is -2.39. The number of nitrogens with zero attached hydrogens (tertiary/aromatic N) is 4. The van der Waals surface area contributed by atoms with E-state index in [-0.39, 0.29) is 12.4 Å². The van der Waals surface area contributed by atoms with Crippen LogP contribution in [-0.4, -0.2) is 60.7 Å². The number of nitrogen functional groups attached to an aromatic ring is 1. The first-order valence-corrected chi connectivity index (χ1v) is 12.5. The Kier molecular flexibility index (Phi) is 6.17. The van der Waals surface area contributed by atoms with Gasteiger partial charge in [-0.15, -0.1) is 0 Å². The van der Waals surface area contributed by atoms with Gasteiger partial charge in [0.05, 0.1) is 19.5 Å². The van der Waals surface area contributed by atoms with Crippen LogP contribution in [0.2, 0.25) is 0 Å². The summed E-state index contributed by atoms with van der Waals surface area (Å²) in [5, 5.41) is 24.7. The van der Waals surface area contributed by atoms with E-state index in [2.05, 4.69) is 20.3 Å². The molecule has 1 aromatic carbocycles. The third-order valence-corrected chi connectivity index (χ3v) is 7.23. The van der Waals surface area contributed by atoms with Crippen molar-refractivity contribution in [3.8, 4) is 0 Å². The molecule has 14 nitrogen and oxygen atoms in total. The van der Waals surface area contributed by atoms with E-state index in [0.29, 0.717) is 39.2 Å². The van der Waals surface area contributed by atoms with Gasteiger partial charge in [-0.05, 0) is 32.4 Å². The molecule has 5 aromatic rings. The molecule has 208 valence electrons. The molecule has 0 aliphatic carbocycles. The number of hydrogen-bond donors (Lipinski definition) is 4. The number of carbonyl (C=O) groups excluding carboxylic acids is 1. The molecule has 4 aromatic heterocycles. The summed E-state index contributed by atoms with van der Waals surface area (Å²) in [4.78, 5) is 37.2. The summed E-state index contributed by atoms with van der Waals surface area (Å²) in [6, 6.07) is 3.29. The van der Waals surface area contributed by atoms with Crippen molar-refractivity contribution in [2.75, 3.05) is 12.3 Å². The highest BCUT2D eigenvalue weighted by atomic mass is 16.6. The van der Waals surface area contributed by atoms with Crippen LogP contribution in [-0.2, 0) is 16.0 Å². The predicted octanol–water partition coefficient (Wildman–Crippen LogP) is 1.73. The second-order valence-electron chi connectivity index (χ2n) is 9.68. The van der Waals surface area contributed by atoms with Gasteiger partial charge in [-0.25, -0.2) is 24.5 Å². The number of nitrogens with two attached hydrogens (primary N) is 1. The van der Waals surface area contributed by atoms with E-state index in [1.54, 1.807) is 13.8 Å². The SMILES string of the molecule is Cc1oc2c(C)c3oc(=O)cc(C)c3cc2c1CNC(=O)O[C@@H]1[C@H](O)[C@@H](CO)O[C@H]1n1cnc2c(N)ncnc21. The topological polar surface area (TPSA) is 201 Å². The van der Waals surface area contributed by atoms with Crippen molar-refractivity contribution in [1.29, 1.82) is 0 Å². The molecule has 1 aliphatic heterocycles. The van der Waals surface area contributed by atoms with Gasteiger partial charge in [0.1, 0.15) is 41.0 Å². The molecule has 0 radical (unpaired) electrons. The molecule has 1 aliphatic rings. The summed E-state index contributed by atoms with van der Waals surface area (Å²) in [5.74, 6) is 0.720. The molecule has 6 rings (SSSR count). The van der Waals surface area contributed by atoms with Crippen molar-refractivity contribution >= 4 is 45.0 Å². The number of aliphatic hydroxyl groups excluding tert-OH is 2. The Balaban J connectivity index is 1.26. The molecule has 5 heterocycles. The summed E-state index contributed by atoms with van der Waals surface area (Å²) in [6.07, 6.45) is -2.78. The van der Waals surface area contributed by atoms with Crippen molar-refractivity contribution in [3.63, 3.8) is 0 Å². The standard InChI is InChI=1S/C26H26N6O8/c1-10-4-17(34)39-20-11(2)21-14(5-13(10)20)15(12(3)37-21)6-28-26(36)40-22-19(35)16(7-33)38-25(22)32-9-31-18-23(27)29-8-30-24(18)32/h4-5,8-9,16,19,22,25,33,35H,6-7H2,1-3H3,(H,28,36)(H2,27,29,30)/t16-,19-,22-,25-/m1/s1. The number of aliphatic hydroxyl groups is 2. The van der Waals surface area contributed by atoms with Crippen molar-refractivity contribution < 1.29 is 33.3 Å². The number of ether oxygens (including phenoxy) is 2. The molecule has 0 bridgehead atoms. The van der Waals surface area contributed by atoms with Gasteiger partial charge >= 0.3 is 11.7 Å². The van der Waals surface area contributed by atoms with Crippen LogP contribution in [0.5, 0.6) is 0 Å². The van der Waals surface area contributed by atoms with Crippen LogP contribution in [0.15, 0.2) is 38.4 Å². The van der Waals surface area contributed by atoms with Crippen molar-refractivity contribution in [2.24, 2.45) is 0 Å². The third kappa shape index (κ3) is 4.04. The Hall–Kier alpha value is -4.53. The molecule has 5 N–H and O–H groups in total. The highest BCUT2D eigenvalue weighted by molar-refractivity contribution is 6.00.